The van der Waals surface area contributed by atoms with Gasteiger partial charge in [-0.05, 0) is 68.4 Å². The molecule has 1 heterocycles. The number of halogens is 1. The molecule has 144 valence electrons. The molecule has 0 bridgehead atoms. The maximum Gasteiger partial charge on any atom is 0.255 e. The highest BCUT2D eigenvalue weighted by atomic mass is 35.5. The first-order valence-electron chi connectivity index (χ1n) is 9.24. The highest BCUT2D eigenvalue weighted by Crippen LogP contribution is 2.21. The second-order valence-corrected chi connectivity index (χ2v) is 6.68. The van der Waals surface area contributed by atoms with Crippen molar-refractivity contribution < 1.29 is 4.79 Å². The summed E-state index contributed by atoms with van der Waals surface area (Å²) >= 11 is 5.93. The van der Waals surface area contributed by atoms with Crippen LogP contribution in [0.5, 0.6) is 0 Å². The van der Waals surface area contributed by atoms with Crippen molar-refractivity contribution >= 4 is 40.4 Å². The minimum atomic E-state index is -0.225. The number of benzene rings is 2. The van der Waals surface area contributed by atoms with E-state index in [4.69, 9.17) is 11.6 Å². The SMILES string of the molecule is CCN(CC)c1ccc(Nc2ccc(NC(=O)c3cccc(Cl)c3)cn2)cc1. The van der Waals surface area contributed by atoms with Gasteiger partial charge in [0.1, 0.15) is 5.82 Å². The van der Waals surface area contributed by atoms with Crippen LogP contribution in [0.2, 0.25) is 5.02 Å². The summed E-state index contributed by atoms with van der Waals surface area (Å²) in [5.41, 5.74) is 3.28. The smallest absolute Gasteiger partial charge is 0.255 e. The Morgan fingerprint density at radius 1 is 1.00 bits per heavy atom. The van der Waals surface area contributed by atoms with E-state index in [0.29, 0.717) is 22.1 Å². The van der Waals surface area contributed by atoms with Gasteiger partial charge in [0.05, 0.1) is 11.9 Å². The van der Waals surface area contributed by atoms with E-state index in [-0.39, 0.29) is 5.91 Å². The molecule has 0 atom stereocenters. The molecule has 5 nitrogen and oxygen atoms in total. The average Bonchev–Trinajstić information content (AvgIpc) is 2.71. The summed E-state index contributed by atoms with van der Waals surface area (Å²) in [7, 11) is 0. The third-order valence-electron chi connectivity index (χ3n) is 4.38. The second-order valence-electron chi connectivity index (χ2n) is 6.24. The van der Waals surface area contributed by atoms with Crippen LogP contribution in [0.25, 0.3) is 0 Å². The van der Waals surface area contributed by atoms with Crippen molar-refractivity contribution in [3.8, 4) is 0 Å². The predicted octanol–water partition coefficient (Wildman–Crippen LogP) is 5.58. The molecule has 0 aliphatic rings. The van der Waals surface area contributed by atoms with Crippen molar-refractivity contribution in [2.75, 3.05) is 28.6 Å². The fraction of sp³-hybridized carbons (Fsp3) is 0.182. The number of anilines is 4. The first-order chi connectivity index (χ1) is 13.6. The zero-order chi connectivity index (χ0) is 19.9. The van der Waals surface area contributed by atoms with Gasteiger partial charge in [0.2, 0.25) is 0 Å². The van der Waals surface area contributed by atoms with E-state index in [1.807, 2.05) is 24.3 Å². The molecular weight excluding hydrogens is 372 g/mol. The highest BCUT2D eigenvalue weighted by molar-refractivity contribution is 6.31. The number of hydrogen-bond acceptors (Lipinski definition) is 4. The third kappa shape index (κ3) is 5.02. The van der Waals surface area contributed by atoms with Crippen molar-refractivity contribution in [2.24, 2.45) is 0 Å². The van der Waals surface area contributed by atoms with Crippen LogP contribution in [-0.4, -0.2) is 24.0 Å². The Labute approximate surface area is 170 Å². The number of rotatable bonds is 7. The molecule has 0 aliphatic carbocycles. The predicted molar refractivity (Wildman–Crippen MR) is 117 cm³/mol. The lowest BCUT2D eigenvalue weighted by molar-refractivity contribution is 0.102. The number of nitrogens with zero attached hydrogens (tertiary/aromatic N) is 2. The average molecular weight is 395 g/mol. The van der Waals surface area contributed by atoms with Crippen LogP contribution in [0.4, 0.5) is 22.9 Å². The standard InChI is InChI=1S/C22H23ClN4O/c1-3-27(4-2)20-11-8-18(9-12-20)25-21-13-10-19(15-24-21)26-22(28)16-6-5-7-17(23)14-16/h5-15H,3-4H2,1-2H3,(H,24,25)(H,26,28). The second kappa shape index (κ2) is 9.24. The van der Waals surface area contributed by atoms with Gasteiger partial charge >= 0.3 is 0 Å². The molecule has 28 heavy (non-hydrogen) atoms. The Kier molecular flexibility index (Phi) is 6.50. The number of aromatic nitrogens is 1. The summed E-state index contributed by atoms with van der Waals surface area (Å²) in [6.45, 7) is 6.25. The van der Waals surface area contributed by atoms with Gasteiger partial charge in [-0.15, -0.1) is 0 Å². The van der Waals surface area contributed by atoms with E-state index in [1.165, 1.54) is 5.69 Å². The number of nitrogens with one attached hydrogen (secondary N) is 2. The molecule has 0 fully saturated rings. The van der Waals surface area contributed by atoms with Gasteiger partial charge in [0.25, 0.3) is 5.91 Å². The van der Waals surface area contributed by atoms with Gasteiger partial charge in [-0.25, -0.2) is 4.98 Å². The molecule has 0 saturated heterocycles. The Morgan fingerprint density at radius 3 is 2.32 bits per heavy atom. The first-order valence-corrected chi connectivity index (χ1v) is 9.62. The minimum absolute atomic E-state index is 0.225. The molecule has 0 spiro atoms. The highest BCUT2D eigenvalue weighted by Gasteiger charge is 2.07. The number of amides is 1. The van der Waals surface area contributed by atoms with Crippen molar-refractivity contribution in [1.82, 2.24) is 4.98 Å². The lowest BCUT2D eigenvalue weighted by Crippen LogP contribution is -2.21. The molecule has 1 aromatic heterocycles. The summed E-state index contributed by atoms with van der Waals surface area (Å²) < 4.78 is 0. The van der Waals surface area contributed by atoms with Gasteiger partial charge in [-0.1, -0.05) is 17.7 Å². The molecule has 0 unspecified atom stereocenters. The van der Waals surface area contributed by atoms with Crippen LogP contribution in [-0.2, 0) is 0 Å². The number of carbonyl (C=O) groups is 1. The van der Waals surface area contributed by atoms with Crippen molar-refractivity contribution in [3.05, 3.63) is 77.4 Å². The van der Waals surface area contributed by atoms with E-state index in [9.17, 15) is 4.79 Å². The van der Waals surface area contributed by atoms with E-state index in [1.54, 1.807) is 30.5 Å². The van der Waals surface area contributed by atoms with Gasteiger partial charge in [-0.2, -0.15) is 0 Å². The van der Waals surface area contributed by atoms with Crippen LogP contribution < -0.4 is 15.5 Å². The van der Waals surface area contributed by atoms with Crippen LogP contribution in [0.1, 0.15) is 24.2 Å². The largest absolute Gasteiger partial charge is 0.372 e. The Balaban J connectivity index is 1.62. The van der Waals surface area contributed by atoms with E-state index in [2.05, 4.69) is 46.5 Å². The Bertz CT molecular complexity index is 922. The van der Waals surface area contributed by atoms with Crippen molar-refractivity contribution in [2.45, 2.75) is 13.8 Å². The summed E-state index contributed by atoms with van der Waals surface area (Å²) in [6, 6.07) is 18.7. The van der Waals surface area contributed by atoms with E-state index < -0.39 is 0 Å². The summed E-state index contributed by atoms with van der Waals surface area (Å²) in [6.07, 6.45) is 1.62. The maximum atomic E-state index is 12.3. The normalized spacial score (nSPS) is 10.4. The van der Waals surface area contributed by atoms with E-state index in [0.717, 1.165) is 18.8 Å². The summed E-state index contributed by atoms with van der Waals surface area (Å²) in [5, 5.41) is 6.61. The van der Waals surface area contributed by atoms with Crippen molar-refractivity contribution in [3.63, 3.8) is 0 Å². The summed E-state index contributed by atoms with van der Waals surface area (Å²) in [4.78, 5) is 18.9. The van der Waals surface area contributed by atoms with Gasteiger partial charge in [0.15, 0.2) is 0 Å². The van der Waals surface area contributed by atoms with Crippen LogP contribution in [0.15, 0.2) is 66.9 Å². The fourth-order valence-electron chi connectivity index (χ4n) is 2.87. The molecule has 2 aromatic carbocycles. The third-order valence-corrected chi connectivity index (χ3v) is 4.61. The molecule has 1 amide bonds. The molecule has 0 saturated carbocycles. The molecule has 0 radical (unpaired) electrons. The maximum absolute atomic E-state index is 12.3. The molecular formula is C22H23ClN4O. The number of carbonyl (C=O) groups excluding carboxylic acids is 1. The summed E-state index contributed by atoms with van der Waals surface area (Å²) in [5.74, 6) is 0.480. The fourth-order valence-corrected chi connectivity index (χ4v) is 3.06. The van der Waals surface area contributed by atoms with Crippen LogP contribution >= 0.6 is 11.6 Å². The monoisotopic (exact) mass is 394 g/mol. The lowest BCUT2D eigenvalue weighted by Gasteiger charge is -2.21. The van der Waals surface area contributed by atoms with Crippen LogP contribution in [0.3, 0.4) is 0 Å². The van der Waals surface area contributed by atoms with Crippen LogP contribution in [0, 0.1) is 0 Å². The minimum Gasteiger partial charge on any atom is -0.372 e. The van der Waals surface area contributed by atoms with Gasteiger partial charge < -0.3 is 15.5 Å². The van der Waals surface area contributed by atoms with Gasteiger partial charge in [0, 0.05) is 35.1 Å². The molecule has 3 rings (SSSR count). The molecule has 2 N–H and O–H groups in total. The Hall–Kier alpha value is -3.05. The first kappa shape index (κ1) is 19.7. The zero-order valence-corrected chi connectivity index (χ0v) is 16.7. The quantitative estimate of drug-likeness (QED) is 0.549. The molecule has 3 aromatic rings. The zero-order valence-electron chi connectivity index (χ0n) is 15.9. The van der Waals surface area contributed by atoms with Crippen molar-refractivity contribution in [1.29, 1.82) is 0 Å². The lowest BCUT2D eigenvalue weighted by atomic mass is 10.2. The van der Waals surface area contributed by atoms with E-state index >= 15 is 0 Å². The topological polar surface area (TPSA) is 57.3 Å². The van der Waals surface area contributed by atoms with Gasteiger partial charge in [-0.3, -0.25) is 4.79 Å². The Morgan fingerprint density at radius 2 is 1.71 bits per heavy atom. The molecule has 6 heteroatoms. The number of pyridine rings is 1. The molecule has 0 aliphatic heterocycles. The number of hydrogen-bond donors (Lipinski definition) is 2.